The normalized spacial score (nSPS) is 19.5. The molecular formula is C13H19NO2S. The first-order valence-electron chi connectivity index (χ1n) is 6.17. The van der Waals surface area contributed by atoms with Crippen LogP contribution in [0.4, 0.5) is 0 Å². The van der Waals surface area contributed by atoms with E-state index in [1.54, 1.807) is 11.3 Å². The second kappa shape index (κ2) is 6.17. The average molecular weight is 253 g/mol. The first-order chi connectivity index (χ1) is 8.25. The van der Waals surface area contributed by atoms with Gasteiger partial charge in [0.25, 0.3) is 0 Å². The SMILES string of the molecule is Cc1ccsc1CNC(=O)CC[C@H]1CCCO1. The molecule has 0 unspecified atom stereocenters. The van der Waals surface area contributed by atoms with Crippen LogP contribution in [-0.4, -0.2) is 18.6 Å². The predicted molar refractivity (Wildman–Crippen MR) is 69.1 cm³/mol. The molecular weight excluding hydrogens is 234 g/mol. The minimum Gasteiger partial charge on any atom is -0.378 e. The Bertz CT molecular complexity index is 369. The molecule has 0 aliphatic carbocycles. The highest BCUT2D eigenvalue weighted by atomic mass is 32.1. The van der Waals surface area contributed by atoms with E-state index >= 15 is 0 Å². The first kappa shape index (κ1) is 12.6. The van der Waals surface area contributed by atoms with Crippen molar-refractivity contribution in [3.63, 3.8) is 0 Å². The van der Waals surface area contributed by atoms with Crippen molar-refractivity contribution in [3.05, 3.63) is 21.9 Å². The Kier molecular flexibility index (Phi) is 4.57. The minimum atomic E-state index is 0.133. The highest BCUT2D eigenvalue weighted by Crippen LogP contribution is 2.17. The van der Waals surface area contributed by atoms with Crippen molar-refractivity contribution in [2.75, 3.05) is 6.61 Å². The fourth-order valence-corrected chi connectivity index (χ4v) is 2.86. The summed E-state index contributed by atoms with van der Waals surface area (Å²) in [7, 11) is 0. The summed E-state index contributed by atoms with van der Waals surface area (Å²) in [6.07, 6.45) is 3.99. The Balaban J connectivity index is 1.65. The Morgan fingerprint density at radius 3 is 3.18 bits per heavy atom. The van der Waals surface area contributed by atoms with Crippen molar-refractivity contribution in [2.24, 2.45) is 0 Å². The number of amides is 1. The summed E-state index contributed by atoms with van der Waals surface area (Å²) in [6.45, 7) is 3.60. The highest BCUT2D eigenvalue weighted by molar-refractivity contribution is 7.10. The zero-order chi connectivity index (χ0) is 12.1. The van der Waals surface area contributed by atoms with Gasteiger partial charge in [-0.3, -0.25) is 4.79 Å². The molecule has 1 aromatic rings. The molecule has 4 heteroatoms. The lowest BCUT2D eigenvalue weighted by Crippen LogP contribution is -2.23. The average Bonchev–Trinajstić information content (AvgIpc) is 2.95. The van der Waals surface area contributed by atoms with Crippen LogP contribution in [0, 0.1) is 6.92 Å². The Hall–Kier alpha value is -0.870. The van der Waals surface area contributed by atoms with Crippen LogP contribution in [0.5, 0.6) is 0 Å². The second-order valence-corrected chi connectivity index (χ2v) is 5.48. The van der Waals surface area contributed by atoms with Crippen molar-refractivity contribution in [1.82, 2.24) is 5.32 Å². The summed E-state index contributed by atoms with van der Waals surface area (Å²) in [4.78, 5) is 12.9. The van der Waals surface area contributed by atoms with Crippen LogP contribution >= 0.6 is 11.3 Å². The summed E-state index contributed by atoms with van der Waals surface area (Å²) < 4.78 is 5.49. The van der Waals surface area contributed by atoms with Crippen LogP contribution in [0.3, 0.4) is 0 Å². The lowest BCUT2D eigenvalue weighted by atomic mass is 10.1. The number of hydrogen-bond acceptors (Lipinski definition) is 3. The van der Waals surface area contributed by atoms with Gasteiger partial charge in [0.05, 0.1) is 12.6 Å². The topological polar surface area (TPSA) is 38.3 Å². The molecule has 17 heavy (non-hydrogen) atoms. The Morgan fingerprint density at radius 2 is 2.53 bits per heavy atom. The molecule has 0 aromatic carbocycles. The van der Waals surface area contributed by atoms with E-state index in [1.807, 2.05) is 0 Å². The third kappa shape index (κ3) is 3.82. The number of thiophene rings is 1. The molecule has 1 aromatic heterocycles. The summed E-state index contributed by atoms with van der Waals surface area (Å²) in [5, 5.41) is 5.02. The smallest absolute Gasteiger partial charge is 0.220 e. The van der Waals surface area contributed by atoms with Crippen molar-refractivity contribution in [2.45, 2.75) is 45.3 Å². The fraction of sp³-hybridized carbons (Fsp3) is 0.615. The van der Waals surface area contributed by atoms with Crippen molar-refractivity contribution >= 4 is 17.2 Å². The van der Waals surface area contributed by atoms with Crippen LogP contribution in [0.15, 0.2) is 11.4 Å². The summed E-state index contributed by atoms with van der Waals surface area (Å²) in [5.41, 5.74) is 1.26. The molecule has 2 heterocycles. The van der Waals surface area contributed by atoms with E-state index in [1.165, 1.54) is 10.4 Å². The zero-order valence-electron chi connectivity index (χ0n) is 10.2. The van der Waals surface area contributed by atoms with Gasteiger partial charge >= 0.3 is 0 Å². The van der Waals surface area contributed by atoms with Gasteiger partial charge < -0.3 is 10.1 Å². The van der Waals surface area contributed by atoms with E-state index in [2.05, 4.69) is 23.7 Å². The number of nitrogens with one attached hydrogen (secondary N) is 1. The van der Waals surface area contributed by atoms with Crippen molar-refractivity contribution < 1.29 is 9.53 Å². The van der Waals surface area contributed by atoms with Crippen LogP contribution in [0.1, 0.15) is 36.1 Å². The van der Waals surface area contributed by atoms with Gasteiger partial charge in [-0.25, -0.2) is 0 Å². The van der Waals surface area contributed by atoms with Crippen LogP contribution in [-0.2, 0) is 16.1 Å². The van der Waals surface area contributed by atoms with E-state index < -0.39 is 0 Å². The van der Waals surface area contributed by atoms with Gasteiger partial charge in [0.2, 0.25) is 5.91 Å². The maximum absolute atomic E-state index is 11.6. The van der Waals surface area contributed by atoms with Gasteiger partial charge in [-0.05, 0) is 43.2 Å². The molecule has 2 rings (SSSR count). The quantitative estimate of drug-likeness (QED) is 0.876. The number of rotatable bonds is 5. The molecule has 1 atom stereocenters. The van der Waals surface area contributed by atoms with E-state index in [0.717, 1.165) is 25.9 Å². The summed E-state index contributed by atoms with van der Waals surface area (Å²) >= 11 is 1.70. The molecule has 0 bridgehead atoms. The number of ether oxygens (including phenoxy) is 1. The van der Waals surface area contributed by atoms with E-state index in [0.29, 0.717) is 19.1 Å². The predicted octanol–water partition coefficient (Wildman–Crippen LogP) is 2.63. The standard InChI is InChI=1S/C13H19NO2S/c1-10-6-8-17-12(10)9-14-13(15)5-4-11-3-2-7-16-11/h6,8,11H,2-5,7,9H2,1H3,(H,14,15)/t11-/m1/s1. The molecule has 3 nitrogen and oxygen atoms in total. The summed E-state index contributed by atoms with van der Waals surface area (Å²) in [6, 6.07) is 2.08. The van der Waals surface area contributed by atoms with Gasteiger partial charge in [-0.2, -0.15) is 0 Å². The molecule has 0 radical (unpaired) electrons. The second-order valence-electron chi connectivity index (χ2n) is 4.48. The van der Waals surface area contributed by atoms with E-state index in [9.17, 15) is 4.79 Å². The van der Waals surface area contributed by atoms with E-state index in [-0.39, 0.29) is 5.91 Å². The van der Waals surface area contributed by atoms with Gasteiger partial charge in [0.15, 0.2) is 0 Å². The molecule has 0 spiro atoms. The van der Waals surface area contributed by atoms with Gasteiger partial charge in [0, 0.05) is 17.9 Å². The van der Waals surface area contributed by atoms with Crippen molar-refractivity contribution in [1.29, 1.82) is 0 Å². The summed E-state index contributed by atoms with van der Waals surface area (Å²) in [5.74, 6) is 0.133. The molecule has 1 fully saturated rings. The van der Waals surface area contributed by atoms with Gasteiger partial charge in [-0.15, -0.1) is 11.3 Å². The third-order valence-electron chi connectivity index (χ3n) is 3.13. The van der Waals surface area contributed by atoms with Gasteiger partial charge in [0.1, 0.15) is 0 Å². The first-order valence-corrected chi connectivity index (χ1v) is 7.05. The Morgan fingerprint density at radius 1 is 1.65 bits per heavy atom. The maximum atomic E-state index is 11.6. The van der Waals surface area contributed by atoms with Crippen molar-refractivity contribution in [3.8, 4) is 0 Å². The van der Waals surface area contributed by atoms with Crippen LogP contribution in [0.2, 0.25) is 0 Å². The number of aryl methyl sites for hydroxylation is 1. The molecule has 1 N–H and O–H groups in total. The molecule has 0 saturated carbocycles. The number of hydrogen-bond donors (Lipinski definition) is 1. The monoisotopic (exact) mass is 253 g/mol. The van der Waals surface area contributed by atoms with Crippen LogP contribution < -0.4 is 5.32 Å². The number of carbonyl (C=O) groups is 1. The van der Waals surface area contributed by atoms with Gasteiger partial charge in [-0.1, -0.05) is 0 Å². The fourth-order valence-electron chi connectivity index (χ4n) is 2.02. The Labute approximate surface area is 106 Å². The molecule has 1 saturated heterocycles. The zero-order valence-corrected chi connectivity index (χ0v) is 11.0. The minimum absolute atomic E-state index is 0.133. The van der Waals surface area contributed by atoms with Crippen LogP contribution in [0.25, 0.3) is 0 Å². The maximum Gasteiger partial charge on any atom is 0.220 e. The largest absolute Gasteiger partial charge is 0.378 e. The molecule has 1 aliphatic rings. The lowest BCUT2D eigenvalue weighted by molar-refractivity contribution is -0.121. The highest BCUT2D eigenvalue weighted by Gasteiger charge is 2.16. The lowest BCUT2D eigenvalue weighted by Gasteiger charge is -2.09. The third-order valence-corrected chi connectivity index (χ3v) is 4.15. The van der Waals surface area contributed by atoms with E-state index in [4.69, 9.17) is 4.74 Å². The number of carbonyl (C=O) groups excluding carboxylic acids is 1. The molecule has 1 aliphatic heterocycles. The molecule has 94 valence electrons. The molecule has 1 amide bonds.